The Kier molecular flexibility index (Phi) is 3.75. The van der Waals surface area contributed by atoms with Gasteiger partial charge in [-0.2, -0.15) is 0 Å². The average molecular weight is 322 g/mol. The van der Waals surface area contributed by atoms with Crippen molar-refractivity contribution in [1.82, 2.24) is 5.32 Å². The number of hydrogen-bond donors (Lipinski definition) is 1. The second-order valence-electron chi connectivity index (χ2n) is 7.01. The predicted octanol–water partition coefficient (Wildman–Crippen LogP) is 3.49. The number of anilines is 1. The van der Waals surface area contributed by atoms with Crippen molar-refractivity contribution in [2.75, 3.05) is 11.4 Å². The molecule has 1 fully saturated rings. The number of rotatable bonds is 3. The molecule has 0 saturated heterocycles. The van der Waals surface area contributed by atoms with Gasteiger partial charge in [-0.05, 0) is 36.3 Å². The van der Waals surface area contributed by atoms with Crippen LogP contribution in [0.25, 0.3) is 10.8 Å². The lowest BCUT2D eigenvalue weighted by Gasteiger charge is -2.30. The van der Waals surface area contributed by atoms with Crippen LogP contribution >= 0.6 is 0 Å². The Hall–Kier alpha value is -2.36. The van der Waals surface area contributed by atoms with E-state index < -0.39 is 0 Å². The van der Waals surface area contributed by atoms with Crippen molar-refractivity contribution in [2.24, 2.45) is 5.92 Å². The van der Waals surface area contributed by atoms with Gasteiger partial charge in [-0.15, -0.1) is 0 Å². The zero-order valence-electron chi connectivity index (χ0n) is 13.9. The van der Waals surface area contributed by atoms with Gasteiger partial charge in [-0.3, -0.25) is 14.5 Å². The van der Waals surface area contributed by atoms with Crippen LogP contribution < -0.4 is 10.2 Å². The van der Waals surface area contributed by atoms with E-state index in [2.05, 4.69) is 12.2 Å². The molecule has 0 aromatic heterocycles. The highest BCUT2D eigenvalue weighted by Crippen LogP contribution is 2.36. The Morgan fingerprint density at radius 3 is 2.71 bits per heavy atom. The molecule has 1 saturated carbocycles. The van der Waals surface area contributed by atoms with E-state index in [9.17, 15) is 9.59 Å². The van der Waals surface area contributed by atoms with E-state index >= 15 is 0 Å². The van der Waals surface area contributed by atoms with Gasteiger partial charge in [0, 0.05) is 17.0 Å². The standard InChI is InChI=1S/C20H22N2O2/c1-13-6-2-3-10-16(13)21-18(23)12-22-17-11-5-8-14-7-4-9-15(19(14)17)20(22)24/h4-5,7-9,11,13,16H,2-3,6,10,12H2,1H3,(H,21,23)/t13-,16+/m0/s1. The topological polar surface area (TPSA) is 49.4 Å². The molecule has 4 heteroatoms. The predicted molar refractivity (Wildman–Crippen MR) is 95.2 cm³/mol. The first-order chi connectivity index (χ1) is 11.6. The summed E-state index contributed by atoms with van der Waals surface area (Å²) in [5.41, 5.74) is 1.54. The van der Waals surface area contributed by atoms with E-state index in [4.69, 9.17) is 0 Å². The minimum atomic E-state index is -0.0753. The summed E-state index contributed by atoms with van der Waals surface area (Å²) in [6, 6.07) is 11.8. The maximum absolute atomic E-state index is 12.7. The van der Waals surface area contributed by atoms with Crippen molar-refractivity contribution in [3.8, 4) is 0 Å². The molecule has 0 unspecified atom stereocenters. The fourth-order valence-electron chi connectivity index (χ4n) is 4.06. The highest BCUT2D eigenvalue weighted by atomic mass is 16.2. The molecule has 124 valence electrons. The van der Waals surface area contributed by atoms with E-state index in [-0.39, 0.29) is 24.4 Å². The number of nitrogens with one attached hydrogen (secondary N) is 1. The fourth-order valence-corrected chi connectivity index (χ4v) is 4.06. The summed E-state index contributed by atoms with van der Waals surface area (Å²) >= 11 is 0. The van der Waals surface area contributed by atoms with Crippen molar-refractivity contribution in [3.63, 3.8) is 0 Å². The minimum absolute atomic E-state index is 0.0630. The Morgan fingerprint density at radius 2 is 1.92 bits per heavy atom. The van der Waals surface area contributed by atoms with Crippen LogP contribution in [0.15, 0.2) is 36.4 Å². The molecule has 0 bridgehead atoms. The largest absolute Gasteiger partial charge is 0.352 e. The van der Waals surface area contributed by atoms with Gasteiger partial charge in [0.05, 0.1) is 5.69 Å². The molecule has 4 nitrogen and oxygen atoms in total. The minimum Gasteiger partial charge on any atom is -0.352 e. The molecule has 1 N–H and O–H groups in total. The molecule has 2 aliphatic rings. The van der Waals surface area contributed by atoms with Crippen LogP contribution in [0.3, 0.4) is 0 Å². The van der Waals surface area contributed by atoms with Gasteiger partial charge in [0.15, 0.2) is 0 Å². The molecule has 24 heavy (non-hydrogen) atoms. The van der Waals surface area contributed by atoms with Crippen LogP contribution in [-0.4, -0.2) is 24.4 Å². The zero-order chi connectivity index (χ0) is 16.7. The maximum Gasteiger partial charge on any atom is 0.259 e. The lowest BCUT2D eigenvalue weighted by molar-refractivity contribution is -0.121. The molecule has 0 radical (unpaired) electrons. The number of carbonyl (C=O) groups excluding carboxylic acids is 2. The second kappa shape index (κ2) is 5.93. The number of hydrogen-bond acceptors (Lipinski definition) is 2. The molecule has 1 aliphatic heterocycles. The van der Waals surface area contributed by atoms with E-state index in [0.717, 1.165) is 22.9 Å². The Balaban J connectivity index is 1.55. The molecule has 4 rings (SSSR count). The smallest absolute Gasteiger partial charge is 0.259 e. The highest BCUT2D eigenvalue weighted by Gasteiger charge is 2.31. The molecule has 2 aromatic rings. The summed E-state index contributed by atoms with van der Waals surface area (Å²) in [7, 11) is 0. The van der Waals surface area contributed by atoms with Crippen LogP contribution in [0, 0.1) is 5.92 Å². The monoisotopic (exact) mass is 322 g/mol. The van der Waals surface area contributed by atoms with Crippen LogP contribution in [0.1, 0.15) is 43.0 Å². The maximum atomic E-state index is 12.7. The van der Waals surface area contributed by atoms with Crippen molar-refractivity contribution in [1.29, 1.82) is 0 Å². The number of amides is 2. The molecule has 2 atom stereocenters. The number of nitrogens with zero attached hydrogens (tertiary/aromatic N) is 1. The summed E-state index contributed by atoms with van der Waals surface area (Å²) < 4.78 is 0. The molecule has 1 aliphatic carbocycles. The first-order valence-electron chi connectivity index (χ1n) is 8.78. The summed E-state index contributed by atoms with van der Waals surface area (Å²) in [4.78, 5) is 26.9. The first kappa shape index (κ1) is 15.2. The van der Waals surface area contributed by atoms with E-state index in [1.54, 1.807) is 4.90 Å². The molecular weight excluding hydrogens is 300 g/mol. The van der Waals surface area contributed by atoms with Gasteiger partial charge >= 0.3 is 0 Å². The zero-order valence-corrected chi connectivity index (χ0v) is 13.9. The van der Waals surface area contributed by atoms with Gasteiger partial charge in [0.2, 0.25) is 5.91 Å². The van der Waals surface area contributed by atoms with E-state index in [1.165, 1.54) is 19.3 Å². The number of benzene rings is 2. The lowest BCUT2D eigenvalue weighted by Crippen LogP contribution is -2.46. The Bertz CT molecular complexity index is 809. The van der Waals surface area contributed by atoms with Gasteiger partial charge in [-0.1, -0.05) is 44.0 Å². The van der Waals surface area contributed by atoms with Crippen molar-refractivity contribution in [3.05, 3.63) is 42.0 Å². The SMILES string of the molecule is C[C@H]1CCCC[C@H]1NC(=O)CN1C(=O)c2cccc3cccc1c23. The Labute approximate surface area is 141 Å². The molecular formula is C20H22N2O2. The Morgan fingerprint density at radius 1 is 1.17 bits per heavy atom. The molecule has 0 spiro atoms. The van der Waals surface area contributed by atoms with Crippen LogP contribution in [0.5, 0.6) is 0 Å². The van der Waals surface area contributed by atoms with Crippen molar-refractivity contribution >= 4 is 28.3 Å². The summed E-state index contributed by atoms with van der Waals surface area (Å²) in [6.07, 6.45) is 4.62. The third-order valence-corrected chi connectivity index (χ3v) is 5.41. The van der Waals surface area contributed by atoms with E-state index in [1.807, 2.05) is 36.4 Å². The molecule has 1 heterocycles. The highest BCUT2D eigenvalue weighted by molar-refractivity contribution is 6.26. The molecule has 2 aromatic carbocycles. The normalized spacial score (nSPS) is 22.9. The van der Waals surface area contributed by atoms with Crippen molar-refractivity contribution in [2.45, 2.75) is 38.6 Å². The van der Waals surface area contributed by atoms with Crippen molar-refractivity contribution < 1.29 is 9.59 Å². The van der Waals surface area contributed by atoms with Gasteiger partial charge in [0.25, 0.3) is 5.91 Å². The van der Waals surface area contributed by atoms with Crippen LogP contribution in [0.4, 0.5) is 5.69 Å². The van der Waals surface area contributed by atoms with Crippen LogP contribution in [-0.2, 0) is 4.79 Å². The van der Waals surface area contributed by atoms with Crippen LogP contribution in [0.2, 0.25) is 0 Å². The third kappa shape index (κ3) is 2.46. The summed E-state index contributed by atoms with van der Waals surface area (Å²) in [6.45, 7) is 2.29. The second-order valence-corrected chi connectivity index (χ2v) is 7.01. The molecule has 2 amide bonds. The average Bonchev–Trinajstić information content (AvgIpc) is 2.85. The summed E-state index contributed by atoms with van der Waals surface area (Å²) in [5, 5.41) is 5.15. The lowest BCUT2D eigenvalue weighted by atomic mass is 9.86. The van der Waals surface area contributed by atoms with E-state index in [0.29, 0.717) is 11.5 Å². The fraction of sp³-hybridized carbons (Fsp3) is 0.400. The first-order valence-corrected chi connectivity index (χ1v) is 8.78. The third-order valence-electron chi connectivity index (χ3n) is 5.41. The number of carbonyl (C=O) groups is 2. The summed E-state index contributed by atoms with van der Waals surface area (Å²) in [5.74, 6) is 0.373. The van der Waals surface area contributed by atoms with Gasteiger partial charge in [0.1, 0.15) is 6.54 Å². The van der Waals surface area contributed by atoms with Gasteiger partial charge < -0.3 is 5.32 Å². The quantitative estimate of drug-likeness (QED) is 0.940. The van der Waals surface area contributed by atoms with Gasteiger partial charge in [-0.25, -0.2) is 0 Å².